The van der Waals surface area contributed by atoms with Crippen molar-refractivity contribution in [3.8, 4) is 0 Å². The van der Waals surface area contributed by atoms with Crippen LogP contribution >= 0.6 is 0 Å². The van der Waals surface area contributed by atoms with Gasteiger partial charge in [-0.15, -0.1) is 0 Å². The second-order valence-corrected chi connectivity index (χ2v) is 8.21. The molecule has 0 fully saturated rings. The Hall–Kier alpha value is -3.09. The molecule has 2 rings (SSSR count). The molecule has 0 radical (unpaired) electrons. The summed E-state index contributed by atoms with van der Waals surface area (Å²) in [5, 5.41) is 5.71. The van der Waals surface area contributed by atoms with Crippen LogP contribution in [0.3, 0.4) is 0 Å². The molecule has 0 saturated heterocycles. The number of amides is 3. The van der Waals surface area contributed by atoms with E-state index in [2.05, 4.69) is 10.6 Å². The fourth-order valence-electron chi connectivity index (χ4n) is 3.11. The number of hydrogen-bond donors (Lipinski definition) is 2. The molecule has 0 spiro atoms. The summed E-state index contributed by atoms with van der Waals surface area (Å²) in [6.45, 7) is 8.01. The smallest absolute Gasteiger partial charge is 0.322 e. The van der Waals surface area contributed by atoms with Gasteiger partial charge in [-0.3, -0.25) is 4.79 Å². The Balaban J connectivity index is 2.33. The highest BCUT2D eigenvalue weighted by atomic mass is 19.1. The van der Waals surface area contributed by atoms with Gasteiger partial charge in [-0.2, -0.15) is 0 Å². The standard InChI is InChI=1S/C24H33FN4O2/c1-7-17(4)29(24(31)27-20-10-8-9-19(25)14-20)15-18-13-21(26-23(30)16(2)3)11-12-22(18)28(5)6/h8-14,16-17H,7,15H2,1-6H3,(H,26,30)(H,27,31)/t17-/m0/s1. The summed E-state index contributed by atoms with van der Waals surface area (Å²) in [6, 6.07) is 11.2. The van der Waals surface area contributed by atoms with Crippen LogP contribution in [-0.4, -0.2) is 37.0 Å². The molecule has 0 bridgehead atoms. The Labute approximate surface area is 184 Å². The van der Waals surface area contributed by atoms with E-state index in [0.717, 1.165) is 17.7 Å². The van der Waals surface area contributed by atoms with E-state index < -0.39 is 5.82 Å². The first-order chi connectivity index (χ1) is 14.6. The van der Waals surface area contributed by atoms with E-state index in [-0.39, 0.29) is 23.9 Å². The minimum atomic E-state index is -0.406. The number of hydrogen-bond acceptors (Lipinski definition) is 3. The van der Waals surface area contributed by atoms with Gasteiger partial charge in [0.25, 0.3) is 0 Å². The van der Waals surface area contributed by atoms with Crippen LogP contribution in [0.4, 0.5) is 26.2 Å². The van der Waals surface area contributed by atoms with Crippen molar-refractivity contribution in [1.82, 2.24) is 4.90 Å². The third-order valence-corrected chi connectivity index (χ3v) is 5.15. The van der Waals surface area contributed by atoms with Crippen molar-refractivity contribution in [3.63, 3.8) is 0 Å². The van der Waals surface area contributed by atoms with Crippen molar-refractivity contribution in [2.45, 2.75) is 46.7 Å². The molecule has 0 aliphatic carbocycles. The van der Waals surface area contributed by atoms with Crippen molar-refractivity contribution in [3.05, 3.63) is 53.8 Å². The van der Waals surface area contributed by atoms with Gasteiger partial charge in [0.15, 0.2) is 0 Å². The summed E-state index contributed by atoms with van der Waals surface area (Å²) in [4.78, 5) is 28.9. The van der Waals surface area contributed by atoms with Crippen LogP contribution in [0.15, 0.2) is 42.5 Å². The number of nitrogens with zero attached hydrogens (tertiary/aromatic N) is 2. The summed E-state index contributed by atoms with van der Waals surface area (Å²) >= 11 is 0. The zero-order valence-corrected chi connectivity index (χ0v) is 19.2. The number of urea groups is 1. The topological polar surface area (TPSA) is 64.7 Å². The van der Waals surface area contributed by atoms with Crippen molar-refractivity contribution in [1.29, 1.82) is 0 Å². The number of carbonyl (C=O) groups is 2. The highest BCUT2D eigenvalue weighted by Crippen LogP contribution is 2.26. The molecular formula is C24H33FN4O2. The second kappa shape index (κ2) is 10.8. The van der Waals surface area contributed by atoms with Gasteiger partial charge in [-0.05, 0) is 55.3 Å². The first kappa shape index (κ1) is 24.2. The molecule has 2 aromatic carbocycles. The zero-order chi connectivity index (χ0) is 23.1. The van der Waals surface area contributed by atoms with Crippen LogP contribution < -0.4 is 15.5 Å². The third-order valence-electron chi connectivity index (χ3n) is 5.15. The molecule has 2 aromatic rings. The van der Waals surface area contributed by atoms with Gasteiger partial charge < -0.3 is 20.4 Å². The lowest BCUT2D eigenvalue weighted by Gasteiger charge is -2.31. The predicted octanol–water partition coefficient (Wildman–Crippen LogP) is 5.32. The van der Waals surface area contributed by atoms with Crippen molar-refractivity contribution in [2.24, 2.45) is 5.92 Å². The average Bonchev–Trinajstić information content (AvgIpc) is 2.71. The summed E-state index contributed by atoms with van der Waals surface area (Å²) in [5.74, 6) is -0.604. The molecule has 0 aromatic heterocycles. The molecular weight excluding hydrogens is 395 g/mol. The molecule has 168 valence electrons. The Morgan fingerprint density at radius 1 is 1.00 bits per heavy atom. The number of anilines is 3. The fraction of sp³-hybridized carbons (Fsp3) is 0.417. The van der Waals surface area contributed by atoms with Crippen LogP contribution in [0.5, 0.6) is 0 Å². The van der Waals surface area contributed by atoms with E-state index in [1.165, 1.54) is 12.1 Å². The zero-order valence-electron chi connectivity index (χ0n) is 19.2. The summed E-state index contributed by atoms with van der Waals surface area (Å²) in [5.41, 5.74) is 2.95. The molecule has 0 saturated carbocycles. The number of rotatable bonds is 8. The van der Waals surface area contributed by atoms with Gasteiger partial charge >= 0.3 is 6.03 Å². The van der Waals surface area contributed by atoms with E-state index in [1.807, 2.05) is 64.9 Å². The van der Waals surface area contributed by atoms with Gasteiger partial charge in [0, 0.05) is 49.7 Å². The largest absolute Gasteiger partial charge is 0.377 e. The van der Waals surface area contributed by atoms with Gasteiger partial charge in [0.1, 0.15) is 5.82 Å². The molecule has 3 amide bonds. The van der Waals surface area contributed by atoms with E-state index in [4.69, 9.17) is 0 Å². The van der Waals surface area contributed by atoms with Crippen LogP contribution in [-0.2, 0) is 11.3 Å². The summed E-state index contributed by atoms with van der Waals surface area (Å²) in [7, 11) is 3.87. The van der Waals surface area contributed by atoms with Crippen LogP contribution in [0.25, 0.3) is 0 Å². The second-order valence-electron chi connectivity index (χ2n) is 8.21. The highest BCUT2D eigenvalue weighted by Gasteiger charge is 2.22. The molecule has 0 aliphatic rings. The van der Waals surface area contributed by atoms with Gasteiger partial charge in [0.2, 0.25) is 5.91 Å². The van der Waals surface area contributed by atoms with E-state index in [9.17, 15) is 14.0 Å². The molecule has 31 heavy (non-hydrogen) atoms. The molecule has 2 N–H and O–H groups in total. The van der Waals surface area contributed by atoms with Gasteiger partial charge in [-0.1, -0.05) is 26.8 Å². The molecule has 0 unspecified atom stereocenters. The Morgan fingerprint density at radius 3 is 2.26 bits per heavy atom. The first-order valence-corrected chi connectivity index (χ1v) is 10.6. The van der Waals surface area contributed by atoms with Crippen LogP contribution in [0, 0.1) is 11.7 Å². The lowest BCUT2D eigenvalue weighted by atomic mass is 10.1. The molecule has 0 heterocycles. The van der Waals surface area contributed by atoms with Gasteiger partial charge in [-0.25, -0.2) is 9.18 Å². The normalized spacial score (nSPS) is 11.7. The van der Waals surface area contributed by atoms with Crippen molar-refractivity contribution in [2.75, 3.05) is 29.6 Å². The van der Waals surface area contributed by atoms with E-state index in [0.29, 0.717) is 17.9 Å². The first-order valence-electron chi connectivity index (χ1n) is 10.6. The van der Waals surface area contributed by atoms with Crippen molar-refractivity contribution < 1.29 is 14.0 Å². The maximum absolute atomic E-state index is 13.5. The Bertz CT molecular complexity index is 914. The number of carbonyl (C=O) groups excluding carboxylic acids is 2. The molecule has 1 atom stereocenters. The molecule has 0 aliphatic heterocycles. The number of nitrogens with one attached hydrogen (secondary N) is 2. The molecule has 6 nitrogen and oxygen atoms in total. The number of halogens is 1. The van der Waals surface area contributed by atoms with E-state index in [1.54, 1.807) is 17.0 Å². The number of benzene rings is 2. The molecule has 7 heteroatoms. The predicted molar refractivity (Wildman–Crippen MR) is 125 cm³/mol. The Kier molecular flexibility index (Phi) is 8.42. The van der Waals surface area contributed by atoms with Crippen LogP contribution in [0.1, 0.15) is 39.7 Å². The summed E-state index contributed by atoms with van der Waals surface area (Å²) in [6.07, 6.45) is 0.762. The quantitative estimate of drug-likeness (QED) is 0.598. The van der Waals surface area contributed by atoms with Gasteiger partial charge in [0.05, 0.1) is 0 Å². The monoisotopic (exact) mass is 428 g/mol. The minimum Gasteiger partial charge on any atom is -0.377 e. The summed E-state index contributed by atoms with van der Waals surface area (Å²) < 4.78 is 13.5. The lowest BCUT2D eigenvalue weighted by molar-refractivity contribution is -0.118. The minimum absolute atomic E-state index is 0.0440. The lowest BCUT2D eigenvalue weighted by Crippen LogP contribution is -2.41. The highest BCUT2D eigenvalue weighted by molar-refractivity contribution is 5.92. The maximum atomic E-state index is 13.5. The maximum Gasteiger partial charge on any atom is 0.322 e. The average molecular weight is 429 g/mol. The van der Waals surface area contributed by atoms with E-state index >= 15 is 0 Å². The fourth-order valence-corrected chi connectivity index (χ4v) is 3.11. The third kappa shape index (κ3) is 6.70. The van der Waals surface area contributed by atoms with Crippen LogP contribution in [0.2, 0.25) is 0 Å². The Morgan fingerprint density at radius 2 is 1.68 bits per heavy atom. The SMILES string of the molecule is CC[C@H](C)N(Cc1cc(NC(=O)C(C)C)ccc1N(C)C)C(=O)Nc1cccc(F)c1. The van der Waals surface area contributed by atoms with Crippen molar-refractivity contribution >= 4 is 29.0 Å².